The maximum Gasteiger partial charge on any atom is 0.105 e. The topological polar surface area (TPSA) is 43.8 Å². The quantitative estimate of drug-likeness (QED) is 0.816. The highest BCUT2D eigenvalue weighted by atomic mass is 32.1. The second-order valence-electron chi connectivity index (χ2n) is 3.28. The zero-order valence-electron chi connectivity index (χ0n) is 8.27. The van der Waals surface area contributed by atoms with E-state index in [9.17, 15) is 0 Å². The van der Waals surface area contributed by atoms with Crippen molar-refractivity contribution in [2.45, 2.75) is 13.0 Å². The maximum absolute atomic E-state index is 6.12. The summed E-state index contributed by atoms with van der Waals surface area (Å²) in [7, 11) is 1.99. The number of thiophene rings is 1. The van der Waals surface area contributed by atoms with Crippen LogP contribution in [0.1, 0.15) is 22.4 Å². The molecule has 0 radical (unpaired) electrons. The summed E-state index contributed by atoms with van der Waals surface area (Å²) in [5.41, 5.74) is 7.18. The molecular weight excluding hydrogens is 194 g/mol. The lowest BCUT2D eigenvalue weighted by Gasteiger charge is -2.10. The highest BCUT2D eigenvalue weighted by molar-refractivity contribution is 7.10. The number of aromatic nitrogens is 2. The number of nitrogens with zero attached hydrogens (tertiary/aromatic N) is 2. The lowest BCUT2D eigenvalue weighted by molar-refractivity contribution is 0.736. The first-order valence-corrected chi connectivity index (χ1v) is 5.35. The van der Waals surface area contributed by atoms with Gasteiger partial charge in [0.25, 0.3) is 0 Å². The zero-order valence-corrected chi connectivity index (χ0v) is 9.08. The van der Waals surface area contributed by atoms with E-state index in [2.05, 4.69) is 11.1 Å². The molecule has 2 heterocycles. The lowest BCUT2D eigenvalue weighted by atomic mass is 10.2. The minimum atomic E-state index is -0.0544. The van der Waals surface area contributed by atoms with Gasteiger partial charge in [-0.25, -0.2) is 4.98 Å². The number of nitrogens with two attached hydrogens (primary N) is 1. The molecule has 0 saturated heterocycles. The predicted octanol–water partition coefficient (Wildman–Crippen LogP) is 1.84. The summed E-state index contributed by atoms with van der Waals surface area (Å²) in [6, 6.07) is 4.02. The summed E-state index contributed by atoms with van der Waals surface area (Å²) >= 11 is 1.68. The molecule has 0 saturated carbocycles. The monoisotopic (exact) mass is 207 g/mol. The van der Waals surface area contributed by atoms with Crippen molar-refractivity contribution in [3.05, 3.63) is 40.1 Å². The fourth-order valence-corrected chi connectivity index (χ4v) is 2.16. The van der Waals surface area contributed by atoms with Crippen molar-refractivity contribution >= 4 is 11.3 Å². The molecule has 0 aliphatic rings. The first-order valence-electron chi connectivity index (χ1n) is 4.47. The highest BCUT2D eigenvalue weighted by Gasteiger charge is 2.14. The van der Waals surface area contributed by atoms with Gasteiger partial charge >= 0.3 is 0 Å². The third-order valence-corrected chi connectivity index (χ3v) is 3.38. The molecule has 0 aliphatic heterocycles. The standard InChI is InChI=1S/C10H13N3S/c1-7-12-6-8(13(7)2)10(11)9-4-3-5-14-9/h3-6,10H,11H2,1-2H3. The van der Waals surface area contributed by atoms with Crippen LogP contribution in [-0.4, -0.2) is 9.55 Å². The van der Waals surface area contributed by atoms with Crippen LogP contribution >= 0.6 is 11.3 Å². The summed E-state index contributed by atoms with van der Waals surface area (Å²) in [6.45, 7) is 1.98. The van der Waals surface area contributed by atoms with E-state index < -0.39 is 0 Å². The SMILES string of the molecule is Cc1ncc(C(N)c2cccs2)n1C. The first-order chi connectivity index (χ1) is 6.70. The molecule has 2 aromatic rings. The van der Waals surface area contributed by atoms with Crippen LogP contribution in [0.15, 0.2) is 23.7 Å². The minimum Gasteiger partial charge on any atom is -0.334 e. The Kier molecular flexibility index (Phi) is 2.39. The molecular formula is C10H13N3S. The van der Waals surface area contributed by atoms with Gasteiger partial charge < -0.3 is 10.3 Å². The van der Waals surface area contributed by atoms with Crippen LogP contribution in [0.4, 0.5) is 0 Å². The number of rotatable bonds is 2. The molecule has 0 aliphatic carbocycles. The highest BCUT2D eigenvalue weighted by Crippen LogP contribution is 2.23. The van der Waals surface area contributed by atoms with Gasteiger partial charge in [-0.3, -0.25) is 0 Å². The smallest absolute Gasteiger partial charge is 0.105 e. The minimum absolute atomic E-state index is 0.0544. The molecule has 0 bridgehead atoms. The number of aryl methyl sites for hydroxylation is 1. The molecule has 2 rings (SSSR count). The van der Waals surface area contributed by atoms with Crippen LogP contribution in [0.5, 0.6) is 0 Å². The Morgan fingerprint density at radius 3 is 2.86 bits per heavy atom. The van der Waals surface area contributed by atoms with Crippen molar-refractivity contribution in [1.82, 2.24) is 9.55 Å². The molecule has 2 N–H and O–H groups in total. The average molecular weight is 207 g/mol. The van der Waals surface area contributed by atoms with E-state index in [0.29, 0.717) is 0 Å². The Hall–Kier alpha value is -1.13. The maximum atomic E-state index is 6.12. The summed E-state index contributed by atoms with van der Waals surface area (Å²) in [6.07, 6.45) is 1.85. The van der Waals surface area contributed by atoms with E-state index in [1.807, 2.05) is 36.2 Å². The van der Waals surface area contributed by atoms with Crippen molar-refractivity contribution in [2.24, 2.45) is 12.8 Å². The molecule has 74 valence electrons. The molecule has 2 aromatic heterocycles. The molecule has 1 unspecified atom stereocenters. The van der Waals surface area contributed by atoms with Gasteiger partial charge in [0.2, 0.25) is 0 Å². The Bertz CT molecular complexity index is 417. The molecule has 4 heteroatoms. The summed E-state index contributed by atoms with van der Waals surface area (Å²) in [5, 5.41) is 2.04. The molecule has 0 spiro atoms. The van der Waals surface area contributed by atoms with Crippen molar-refractivity contribution in [3.63, 3.8) is 0 Å². The second kappa shape index (κ2) is 3.55. The second-order valence-corrected chi connectivity index (χ2v) is 4.26. The van der Waals surface area contributed by atoms with Crippen molar-refractivity contribution in [3.8, 4) is 0 Å². The third kappa shape index (κ3) is 1.47. The van der Waals surface area contributed by atoms with E-state index in [1.54, 1.807) is 11.3 Å². The third-order valence-electron chi connectivity index (χ3n) is 2.42. The molecule has 0 aromatic carbocycles. The molecule has 0 fully saturated rings. The Labute approximate surface area is 87.2 Å². The van der Waals surface area contributed by atoms with Crippen molar-refractivity contribution in [1.29, 1.82) is 0 Å². The van der Waals surface area contributed by atoms with Crippen LogP contribution in [0.25, 0.3) is 0 Å². The Balaban J connectivity index is 2.36. The van der Waals surface area contributed by atoms with Crippen molar-refractivity contribution < 1.29 is 0 Å². The fourth-order valence-electron chi connectivity index (χ4n) is 1.42. The summed E-state index contributed by atoms with van der Waals surface area (Å²) < 4.78 is 2.03. The predicted molar refractivity (Wildman–Crippen MR) is 58.3 cm³/mol. The van der Waals surface area contributed by atoms with E-state index >= 15 is 0 Å². The van der Waals surface area contributed by atoms with Gasteiger partial charge in [-0.05, 0) is 18.4 Å². The first kappa shape index (κ1) is 9.43. The fraction of sp³-hybridized carbons (Fsp3) is 0.300. The molecule has 14 heavy (non-hydrogen) atoms. The van der Waals surface area contributed by atoms with Gasteiger partial charge in [0.05, 0.1) is 17.9 Å². The number of hydrogen-bond acceptors (Lipinski definition) is 3. The molecule has 1 atom stereocenters. The number of hydrogen-bond donors (Lipinski definition) is 1. The molecule has 0 amide bonds. The number of imidazole rings is 1. The Morgan fingerprint density at radius 2 is 2.36 bits per heavy atom. The largest absolute Gasteiger partial charge is 0.334 e. The van der Waals surface area contributed by atoms with Crippen LogP contribution < -0.4 is 5.73 Å². The lowest BCUT2D eigenvalue weighted by Crippen LogP contribution is -2.14. The van der Waals surface area contributed by atoms with E-state index in [-0.39, 0.29) is 6.04 Å². The Morgan fingerprint density at radius 1 is 1.57 bits per heavy atom. The van der Waals surface area contributed by atoms with Crippen LogP contribution in [-0.2, 0) is 7.05 Å². The van der Waals surface area contributed by atoms with Gasteiger partial charge in [-0.15, -0.1) is 11.3 Å². The van der Waals surface area contributed by atoms with Crippen LogP contribution in [0.2, 0.25) is 0 Å². The molecule has 3 nitrogen and oxygen atoms in total. The zero-order chi connectivity index (χ0) is 10.1. The summed E-state index contributed by atoms with van der Waals surface area (Å²) in [4.78, 5) is 5.41. The average Bonchev–Trinajstić information content (AvgIpc) is 2.77. The van der Waals surface area contributed by atoms with Gasteiger partial charge in [0.1, 0.15) is 5.82 Å². The van der Waals surface area contributed by atoms with Crippen LogP contribution in [0.3, 0.4) is 0 Å². The van der Waals surface area contributed by atoms with E-state index in [0.717, 1.165) is 11.5 Å². The van der Waals surface area contributed by atoms with E-state index in [4.69, 9.17) is 5.73 Å². The van der Waals surface area contributed by atoms with E-state index in [1.165, 1.54) is 4.88 Å². The van der Waals surface area contributed by atoms with Gasteiger partial charge in [-0.1, -0.05) is 6.07 Å². The van der Waals surface area contributed by atoms with Gasteiger partial charge in [0, 0.05) is 11.9 Å². The normalized spacial score (nSPS) is 13.1. The van der Waals surface area contributed by atoms with Gasteiger partial charge in [0.15, 0.2) is 0 Å². The van der Waals surface area contributed by atoms with Crippen LogP contribution in [0, 0.1) is 6.92 Å². The van der Waals surface area contributed by atoms with Gasteiger partial charge in [-0.2, -0.15) is 0 Å². The summed E-state index contributed by atoms with van der Waals surface area (Å²) in [5.74, 6) is 0.993. The van der Waals surface area contributed by atoms with Crippen molar-refractivity contribution in [2.75, 3.05) is 0 Å².